The average Bonchev–Trinajstić information content (AvgIpc) is 3.12. The summed E-state index contributed by atoms with van der Waals surface area (Å²) in [6.45, 7) is 8.06. The van der Waals surface area contributed by atoms with Crippen LogP contribution in [0, 0.1) is 11.2 Å². The lowest BCUT2D eigenvalue weighted by Crippen LogP contribution is -2.51. The third kappa shape index (κ3) is 6.42. The van der Waals surface area contributed by atoms with Crippen molar-refractivity contribution in [1.29, 1.82) is 0 Å². The van der Waals surface area contributed by atoms with Gasteiger partial charge in [0.2, 0.25) is 5.91 Å². The number of rotatable bonds is 6. The van der Waals surface area contributed by atoms with E-state index in [-0.39, 0.29) is 29.5 Å². The first-order valence-electron chi connectivity index (χ1n) is 15.1. The molecular formula is C36H39FN4O2. The van der Waals surface area contributed by atoms with Crippen LogP contribution in [-0.4, -0.2) is 60.8 Å². The van der Waals surface area contributed by atoms with Crippen molar-refractivity contribution >= 4 is 29.1 Å². The second-order valence-corrected chi connectivity index (χ2v) is 12.6. The van der Waals surface area contributed by atoms with E-state index in [0.29, 0.717) is 31.5 Å². The molecule has 2 aliphatic heterocycles. The molecule has 3 aromatic rings. The standard InChI is InChI=1S/C36H39FN4O2/c1-36(2)23-30-34(32(42)24-36)35(27-14-16-28(37)17-15-27)41(31-13-7-6-12-29(31)38-30)25-33(43)40-21-19-39(20-22-40)18-8-11-26-9-4-3-5-10-26/h3-17,35,38H,18-25H2,1-2H3/b11-8+. The highest BCUT2D eigenvalue weighted by atomic mass is 19.1. The summed E-state index contributed by atoms with van der Waals surface area (Å²) in [6, 6.07) is 24.0. The maximum Gasteiger partial charge on any atom is 0.242 e. The Labute approximate surface area is 253 Å². The second kappa shape index (κ2) is 12.2. The number of anilines is 2. The molecule has 1 atom stereocenters. The Balaban J connectivity index is 1.25. The van der Waals surface area contributed by atoms with Gasteiger partial charge in [-0.25, -0.2) is 4.39 Å². The number of ketones is 1. The van der Waals surface area contributed by atoms with Gasteiger partial charge in [-0.2, -0.15) is 0 Å². The zero-order valence-corrected chi connectivity index (χ0v) is 24.9. The summed E-state index contributed by atoms with van der Waals surface area (Å²) in [4.78, 5) is 34.1. The predicted molar refractivity (Wildman–Crippen MR) is 170 cm³/mol. The molecule has 0 aromatic heterocycles. The number of nitrogens with zero attached hydrogens (tertiary/aromatic N) is 3. The van der Waals surface area contributed by atoms with Crippen molar-refractivity contribution in [1.82, 2.24) is 9.80 Å². The zero-order valence-electron chi connectivity index (χ0n) is 24.9. The number of para-hydroxylation sites is 2. The van der Waals surface area contributed by atoms with Crippen LogP contribution in [0.4, 0.5) is 15.8 Å². The van der Waals surface area contributed by atoms with E-state index in [1.54, 1.807) is 12.1 Å². The molecule has 2 heterocycles. The minimum Gasteiger partial charge on any atom is -0.357 e. The van der Waals surface area contributed by atoms with Gasteiger partial charge < -0.3 is 15.1 Å². The number of piperazine rings is 1. The van der Waals surface area contributed by atoms with Gasteiger partial charge in [0, 0.05) is 50.4 Å². The first-order chi connectivity index (χ1) is 20.8. The van der Waals surface area contributed by atoms with Crippen LogP contribution in [0.3, 0.4) is 0 Å². The number of carbonyl (C=O) groups excluding carboxylic acids is 2. The Hall–Kier alpha value is -4.23. The summed E-state index contributed by atoms with van der Waals surface area (Å²) in [7, 11) is 0. The number of amides is 1. The molecule has 43 heavy (non-hydrogen) atoms. The van der Waals surface area contributed by atoms with Gasteiger partial charge in [0.05, 0.1) is 24.0 Å². The molecule has 0 spiro atoms. The number of nitrogens with one attached hydrogen (secondary N) is 1. The minimum atomic E-state index is -0.510. The lowest BCUT2D eigenvalue weighted by molar-refractivity contribution is -0.131. The summed E-state index contributed by atoms with van der Waals surface area (Å²) in [6.07, 6.45) is 5.44. The fraction of sp³-hybridized carbons (Fsp3) is 0.333. The first-order valence-corrected chi connectivity index (χ1v) is 15.1. The summed E-state index contributed by atoms with van der Waals surface area (Å²) >= 11 is 0. The minimum absolute atomic E-state index is 0.0223. The summed E-state index contributed by atoms with van der Waals surface area (Å²) in [5.41, 5.74) is 5.07. The number of Topliss-reactive ketones (excluding diaryl/α,β-unsaturated/α-hetero) is 1. The maximum absolute atomic E-state index is 14.1. The van der Waals surface area contributed by atoms with Gasteiger partial charge in [-0.1, -0.05) is 80.6 Å². The smallest absolute Gasteiger partial charge is 0.242 e. The highest BCUT2D eigenvalue weighted by Gasteiger charge is 2.42. The van der Waals surface area contributed by atoms with E-state index in [0.717, 1.165) is 42.3 Å². The first kappa shape index (κ1) is 28.9. The number of allylic oxidation sites excluding steroid dienone is 1. The number of hydrogen-bond donors (Lipinski definition) is 1. The summed E-state index contributed by atoms with van der Waals surface area (Å²) in [5.74, 6) is -0.246. The number of fused-ring (bicyclic) bond motifs is 1. The molecule has 0 bridgehead atoms. The molecule has 0 radical (unpaired) electrons. The van der Waals surface area contributed by atoms with Crippen molar-refractivity contribution in [3.63, 3.8) is 0 Å². The predicted octanol–water partition coefficient (Wildman–Crippen LogP) is 6.30. The Morgan fingerprint density at radius 3 is 2.37 bits per heavy atom. The molecule has 1 N–H and O–H groups in total. The van der Waals surface area contributed by atoms with Gasteiger partial charge in [-0.05, 0) is 47.2 Å². The molecular weight excluding hydrogens is 539 g/mol. The highest BCUT2D eigenvalue weighted by Crippen LogP contribution is 2.48. The fourth-order valence-corrected chi connectivity index (χ4v) is 6.55. The molecule has 1 aliphatic carbocycles. The SMILES string of the molecule is CC1(C)CC(=O)C2=C(C1)Nc1ccccc1N(CC(=O)N1CCN(C/C=C/c3ccccc3)CC1)C2c1ccc(F)cc1. The van der Waals surface area contributed by atoms with Gasteiger partial charge in [-0.3, -0.25) is 14.5 Å². The normalized spacial score (nSPS) is 20.4. The van der Waals surface area contributed by atoms with E-state index in [2.05, 4.69) is 48.3 Å². The Bertz CT molecular complexity index is 1540. The highest BCUT2D eigenvalue weighted by molar-refractivity contribution is 6.01. The van der Waals surface area contributed by atoms with Crippen LogP contribution >= 0.6 is 0 Å². The average molecular weight is 579 g/mol. The van der Waals surface area contributed by atoms with E-state index in [1.165, 1.54) is 17.7 Å². The van der Waals surface area contributed by atoms with Gasteiger partial charge in [0.25, 0.3) is 0 Å². The van der Waals surface area contributed by atoms with E-state index >= 15 is 0 Å². The molecule has 1 fully saturated rings. The van der Waals surface area contributed by atoms with Crippen LogP contribution in [0.2, 0.25) is 0 Å². The largest absolute Gasteiger partial charge is 0.357 e. The second-order valence-electron chi connectivity index (χ2n) is 12.6. The number of halogens is 1. The van der Waals surface area contributed by atoms with E-state index in [9.17, 15) is 14.0 Å². The van der Waals surface area contributed by atoms with Crippen molar-refractivity contribution in [3.05, 3.63) is 113 Å². The van der Waals surface area contributed by atoms with Crippen LogP contribution in [-0.2, 0) is 9.59 Å². The van der Waals surface area contributed by atoms with Crippen LogP contribution in [0.15, 0.2) is 96.2 Å². The lowest BCUT2D eigenvalue weighted by atomic mass is 9.73. The van der Waals surface area contributed by atoms with Crippen LogP contribution in [0.25, 0.3) is 6.08 Å². The number of carbonyl (C=O) groups is 2. The lowest BCUT2D eigenvalue weighted by Gasteiger charge is -2.39. The van der Waals surface area contributed by atoms with E-state index in [1.807, 2.05) is 52.3 Å². The van der Waals surface area contributed by atoms with Crippen molar-refractivity contribution in [2.45, 2.75) is 32.7 Å². The molecule has 7 heteroatoms. The summed E-state index contributed by atoms with van der Waals surface area (Å²) in [5, 5.41) is 3.58. The Morgan fingerprint density at radius 2 is 1.63 bits per heavy atom. The molecule has 1 saturated heterocycles. The van der Waals surface area contributed by atoms with Crippen molar-refractivity contribution < 1.29 is 14.0 Å². The third-order valence-electron chi connectivity index (χ3n) is 8.69. The van der Waals surface area contributed by atoms with Gasteiger partial charge in [0.1, 0.15) is 5.82 Å². The molecule has 3 aliphatic rings. The molecule has 222 valence electrons. The van der Waals surface area contributed by atoms with Gasteiger partial charge in [-0.15, -0.1) is 0 Å². The molecule has 6 rings (SSSR count). The van der Waals surface area contributed by atoms with Crippen molar-refractivity contribution in [2.75, 3.05) is 49.5 Å². The van der Waals surface area contributed by atoms with Crippen LogP contribution < -0.4 is 10.2 Å². The third-order valence-corrected chi connectivity index (χ3v) is 8.69. The van der Waals surface area contributed by atoms with Crippen LogP contribution in [0.5, 0.6) is 0 Å². The van der Waals surface area contributed by atoms with E-state index < -0.39 is 6.04 Å². The van der Waals surface area contributed by atoms with Gasteiger partial charge in [0.15, 0.2) is 5.78 Å². The van der Waals surface area contributed by atoms with E-state index in [4.69, 9.17) is 0 Å². The Kier molecular flexibility index (Phi) is 8.17. The van der Waals surface area contributed by atoms with Crippen molar-refractivity contribution in [2.24, 2.45) is 5.41 Å². The topological polar surface area (TPSA) is 55.9 Å². The van der Waals surface area contributed by atoms with Crippen molar-refractivity contribution in [3.8, 4) is 0 Å². The number of benzene rings is 3. The fourth-order valence-electron chi connectivity index (χ4n) is 6.55. The molecule has 6 nitrogen and oxygen atoms in total. The quantitative estimate of drug-likeness (QED) is 0.372. The maximum atomic E-state index is 14.1. The Morgan fingerprint density at radius 1 is 0.930 bits per heavy atom. The molecule has 1 amide bonds. The molecule has 3 aromatic carbocycles. The van der Waals surface area contributed by atoms with Crippen LogP contribution in [0.1, 0.15) is 43.9 Å². The summed E-state index contributed by atoms with van der Waals surface area (Å²) < 4.78 is 14.1. The zero-order chi connectivity index (χ0) is 30.0. The van der Waals surface area contributed by atoms with Gasteiger partial charge >= 0.3 is 0 Å². The number of hydrogen-bond acceptors (Lipinski definition) is 5. The monoisotopic (exact) mass is 578 g/mol. The molecule has 0 saturated carbocycles. The molecule has 1 unspecified atom stereocenters.